The number of fused-ring (bicyclic) bond motifs is 1. The Morgan fingerprint density at radius 2 is 2.00 bits per heavy atom. The predicted octanol–water partition coefficient (Wildman–Crippen LogP) is 4.15. The summed E-state index contributed by atoms with van der Waals surface area (Å²) in [5.41, 5.74) is 6.33. The van der Waals surface area contributed by atoms with E-state index in [1.54, 1.807) is 12.5 Å². The second-order valence-electron chi connectivity index (χ2n) is 7.12. The summed E-state index contributed by atoms with van der Waals surface area (Å²) in [5.74, 6) is -0.0154. The van der Waals surface area contributed by atoms with Gasteiger partial charge in [-0.3, -0.25) is 9.48 Å². The van der Waals surface area contributed by atoms with Gasteiger partial charge in [-0.1, -0.05) is 36.4 Å². The molecule has 5 nitrogen and oxygen atoms in total. The summed E-state index contributed by atoms with van der Waals surface area (Å²) < 4.78 is 7.58. The van der Waals surface area contributed by atoms with Crippen molar-refractivity contribution in [2.75, 3.05) is 0 Å². The Labute approximate surface area is 164 Å². The van der Waals surface area contributed by atoms with Crippen LogP contribution in [0.3, 0.4) is 0 Å². The van der Waals surface area contributed by atoms with Crippen molar-refractivity contribution in [3.8, 4) is 0 Å². The third-order valence-corrected chi connectivity index (χ3v) is 5.08. The molecule has 0 bridgehead atoms. The predicted molar refractivity (Wildman–Crippen MR) is 109 cm³/mol. The molecule has 0 saturated carbocycles. The lowest BCUT2D eigenvalue weighted by molar-refractivity contribution is -0.120. The van der Waals surface area contributed by atoms with Crippen LogP contribution in [0.1, 0.15) is 27.8 Å². The van der Waals surface area contributed by atoms with Crippen LogP contribution in [0.15, 0.2) is 65.5 Å². The van der Waals surface area contributed by atoms with Crippen LogP contribution in [-0.4, -0.2) is 15.7 Å². The average molecular weight is 373 g/mol. The van der Waals surface area contributed by atoms with Crippen molar-refractivity contribution in [1.82, 2.24) is 15.1 Å². The monoisotopic (exact) mass is 373 g/mol. The van der Waals surface area contributed by atoms with Crippen LogP contribution >= 0.6 is 0 Å². The fourth-order valence-electron chi connectivity index (χ4n) is 3.38. The molecule has 0 fully saturated rings. The Morgan fingerprint density at radius 3 is 2.82 bits per heavy atom. The number of carbonyl (C=O) groups is 1. The maximum atomic E-state index is 12.5. The molecule has 28 heavy (non-hydrogen) atoms. The molecule has 4 rings (SSSR count). The van der Waals surface area contributed by atoms with E-state index in [0.717, 1.165) is 33.2 Å². The molecular weight excluding hydrogens is 350 g/mol. The Bertz CT molecular complexity index is 1110. The third-order valence-electron chi connectivity index (χ3n) is 5.08. The van der Waals surface area contributed by atoms with E-state index < -0.39 is 0 Å². The van der Waals surface area contributed by atoms with Gasteiger partial charge in [-0.05, 0) is 42.2 Å². The molecule has 0 aliphatic heterocycles. The zero-order valence-electron chi connectivity index (χ0n) is 16.1. The second-order valence-corrected chi connectivity index (χ2v) is 7.12. The number of amides is 1. The number of aromatic nitrogens is 2. The zero-order valence-corrected chi connectivity index (χ0v) is 16.1. The zero-order chi connectivity index (χ0) is 19.5. The average Bonchev–Trinajstić information content (AvgIpc) is 3.34. The summed E-state index contributed by atoms with van der Waals surface area (Å²) in [7, 11) is 0. The van der Waals surface area contributed by atoms with Crippen LogP contribution in [0.5, 0.6) is 0 Å². The van der Waals surface area contributed by atoms with Crippen molar-refractivity contribution in [2.24, 2.45) is 0 Å². The van der Waals surface area contributed by atoms with Gasteiger partial charge in [-0.15, -0.1) is 0 Å². The highest BCUT2D eigenvalue weighted by atomic mass is 16.3. The van der Waals surface area contributed by atoms with E-state index in [1.807, 2.05) is 42.1 Å². The van der Waals surface area contributed by atoms with E-state index in [0.29, 0.717) is 19.5 Å². The number of carbonyl (C=O) groups excluding carboxylic acids is 1. The fraction of sp³-hybridized carbons (Fsp3) is 0.217. The number of furan rings is 1. The van der Waals surface area contributed by atoms with Crippen molar-refractivity contribution < 1.29 is 9.21 Å². The minimum absolute atomic E-state index is 0.0154. The highest BCUT2D eigenvalue weighted by molar-refractivity contribution is 5.89. The maximum Gasteiger partial charge on any atom is 0.224 e. The van der Waals surface area contributed by atoms with E-state index >= 15 is 0 Å². The Hall–Kier alpha value is -3.34. The maximum absolute atomic E-state index is 12.5. The molecule has 0 atom stereocenters. The molecule has 0 radical (unpaired) electrons. The van der Waals surface area contributed by atoms with E-state index in [1.165, 1.54) is 5.56 Å². The summed E-state index contributed by atoms with van der Waals surface area (Å²) in [5, 5.41) is 8.26. The molecule has 142 valence electrons. The summed E-state index contributed by atoms with van der Waals surface area (Å²) in [6, 6.07) is 14.2. The number of rotatable bonds is 6. The highest BCUT2D eigenvalue weighted by Crippen LogP contribution is 2.26. The number of benzene rings is 2. The van der Waals surface area contributed by atoms with Crippen molar-refractivity contribution in [3.05, 3.63) is 88.9 Å². The third kappa shape index (κ3) is 3.83. The SMILES string of the molecule is Cc1ccc2c(CC(=O)NCc3cccc(Cn4cccn4)c3)coc2c1C. The molecule has 0 saturated heterocycles. The van der Waals surface area contributed by atoms with Gasteiger partial charge in [0.2, 0.25) is 5.91 Å². The number of hydrogen-bond donors (Lipinski definition) is 1. The molecule has 2 heterocycles. The van der Waals surface area contributed by atoms with Crippen LogP contribution in [0, 0.1) is 13.8 Å². The highest BCUT2D eigenvalue weighted by Gasteiger charge is 2.12. The number of nitrogens with zero attached hydrogens (tertiary/aromatic N) is 2. The van der Waals surface area contributed by atoms with Crippen LogP contribution < -0.4 is 5.32 Å². The van der Waals surface area contributed by atoms with Gasteiger partial charge in [-0.2, -0.15) is 5.10 Å². The first-order chi connectivity index (χ1) is 13.6. The minimum atomic E-state index is -0.0154. The first-order valence-electron chi connectivity index (χ1n) is 9.38. The van der Waals surface area contributed by atoms with Crippen molar-refractivity contribution >= 4 is 16.9 Å². The molecule has 0 spiro atoms. The number of hydrogen-bond acceptors (Lipinski definition) is 3. The summed E-state index contributed by atoms with van der Waals surface area (Å²) in [6.07, 6.45) is 5.71. The number of nitrogens with one attached hydrogen (secondary N) is 1. The van der Waals surface area contributed by atoms with Crippen LogP contribution in [0.4, 0.5) is 0 Å². The normalized spacial score (nSPS) is 11.1. The molecule has 2 aromatic heterocycles. The Balaban J connectivity index is 1.39. The van der Waals surface area contributed by atoms with Crippen molar-refractivity contribution in [1.29, 1.82) is 0 Å². The van der Waals surface area contributed by atoms with E-state index in [-0.39, 0.29) is 5.91 Å². The van der Waals surface area contributed by atoms with E-state index in [9.17, 15) is 4.79 Å². The lowest BCUT2D eigenvalue weighted by Gasteiger charge is -2.08. The molecular formula is C23H23N3O2. The molecule has 1 amide bonds. The van der Waals surface area contributed by atoms with Gasteiger partial charge >= 0.3 is 0 Å². The van der Waals surface area contributed by atoms with Gasteiger partial charge in [0, 0.05) is 29.9 Å². The van der Waals surface area contributed by atoms with Gasteiger partial charge in [-0.25, -0.2) is 0 Å². The molecule has 0 aliphatic rings. The summed E-state index contributed by atoms with van der Waals surface area (Å²) in [4.78, 5) is 12.5. The molecule has 2 aromatic carbocycles. The Kier molecular flexibility index (Phi) is 4.98. The standard InChI is InChI=1S/C23H23N3O2/c1-16-7-8-21-20(15-28-23(21)17(16)2)12-22(27)24-13-18-5-3-6-19(11-18)14-26-10-4-9-25-26/h3-11,15H,12-14H2,1-2H3,(H,24,27). The molecule has 4 aromatic rings. The largest absolute Gasteiger partial charge is 0.464 e. The van der Waals surface area contributed by atoms with Gasteiger partial charge in [0.1, 0.15) is 5.58 Å². The van der Waals surface area contributed by atoms with E-state index in [4.69, 9.17) is 4.42 Å². The van der Waals surface area contributed by atoms with Crippen LogP contribution in [0.2, 0.25) is 0 Å². The van der Waals surface area contributed by atoms with E-state index in [2.05, 4.69) is 35.5 Å². The lowest BCUT2D eigenvalue weighted by Crippen LogP contribution is -2.24. The van der Waals surface area contributed by atoms with Crippen LogP contribution in [0.25, 0.3) is 11.0 Å². The minimum Gasteiger partial charge on any atom is -0.464 e. The lowest BCUT2D eigenvalue weighted by atomic mass is 10.0. The van der Waals surface area contributed by atoms with Gasteiger partial charge < -0.3 is 9.73 Å². The van der Waals surface area contributed by atoms with Gasteiger partial charge in [0.25, 0.3) is 0 Å². The number of aryl methyl sites for hydroxylation is 2. The van der Waals surface area contributed by atoms with Crippen molar-refractivity contribution in [2.45, 2.75) is 33.4 Å². The molecule has 0 aliphatic carbocycles. The van der Waals surface area contributed by atoms with Crippen molar-refractivity contribution in [3.63, 3.8) is 0 Å². The summed E-state index contributed by atoms with van der Waals surface area (Å²) >= 11 is 0. The smallest absolute Gasteiger partial charge is 0.224 e. The fourth-order valence-corrected chi connectivity index (χ4v) is 3.38. The second kappa shape index (κ2) is 7.72. The first kappa shape index (κ1) is 18.0. The van der Waals surface area contributed by atoms with Gasteiger partial charge in [0.05, 0.1) is 19.2 Å². The van der Waals surface area contributed by atoms with Crippen LogP contribution in [-0.2, 0) is 24.3 Å². The Morgan fingerprint density at radius 1 is 1.14 bits per heavy atom. The topological polar surface area (TPSA) is 60.1 Å². The molecule has 5 heteroatoms. The quantitative estimate of drug-likeness (QED) is 0.552. The summed E-state index contributed by atoms with van der Waals surface area (Å²) in [6.45, 7) is 5.32. The molecule has 1 N–H and O–H groups in total. The molecule has 0 unspecified atom stereocenters. The van der Waals surface area contributed by atoms with Gasteiger partial charge in [0.15, 0.2) is 0 Å². The first-order valence-corrected chi connectivity index (χ1v) is 9.38.